The van der Waals surface area contributed by atoms with Gasteiger partial charge in [-0.2, -0.15) is 0 Å². The third-order valence-electron chi connectivity index (χ3n) is 2.63. The average molecular weight is 289 g/mol. The van der Waals surface area contributed by atoms with Gasteiger partial charge in [-0.3, -0.25) is 0 Å². The summed E-state index contributed by atoms with van der Waals surface area (Å²) in [7, 11) is 0. The van der Waals surface area contributed by atoms with Gasteiger partial charge in [-0.25, -0.2) is 0 Å². The van der Waals surface area contributed by atoms with Gasteiger partial charge in [0.05, 0.1) is 24.7 Å². The number of hydrogen-bond donors (Lipinski definition) is 0. The third kappa shape index (κ3) is 5.06. The minimum atomic E-state index is 0.308. The summed E-state index contributed by atoms with van der Waals surface area (Å²) >= 11 is 3.56. The second-order valence-electron chi connectivity index (χ2n) is 4.28. The molecule has 1 heterocycles. The fourth-order valence-electron chi connectivity index (χ4n) is 1.63. The molecule has 16 heavy (non-hydrogen) atoms. The first-order chi connectivity index (χ1) is 7.61. The highest BCUT2D eigenvalue weighted by atomic mass is 79.9. The van der Waals surface area contributed by atoms with E-state index in [4.69, 9.17) is 9.47 Å². The Balaban J connectivity index is 2.31. The molecule has 0 fully saturated rings. The fourth-order valence-corrected chi connectivity index (χ4v) is 2.01. The van der Waals surface area contributed by atoms with Crippen LogP contribution >= 0.6 is 15.9 Å². The molecule has 1 aliphatic heterocycles. The lowest BCUT2D eigenvalue weighted by Crippen LogP contribution is -2.19. The molecular formula is C13H21BrO2. The highest BCUT2D eigenvalue weighted by molar-refractivity contribution is 9.09. The standard InChI is InChI=1S/C13H21BrO2/c1-4-13(14)8-11(3)16-9-12-5-6-15-10(2)7-12/h5-6,8,10,12-13H,4,7,9H2,1-3H3/b11-8+. The molecule has 0 N–H and O–H groups in total. The van der Waals surface area contributed by atoms with Gasteiger partial charge in [0, 0.05) is 10.7 Å². The van der Waals surface area contributed by atoms with E-state index in [9.17, 15) is 0 Å². The van der Waals surface area contributed by atoms with Crippen molar-refractivity contribution in [3.8, 4) is 0 Å². The van der Waals surface area contributed by atoms with E-state index in [1.165, 1.54) is 0 Å². The molecule has 0 saturated carbocycles. The molecular weight excluding hydrogens is 268 g/mol. The second-order valence-corrected chi connectivity index (χ2v) is 5.46. The van der Waals surface area contributed by atoms with Gasteiger partial charge in [-0.1, -0.05) is 22.9 Å². The van der Waals surface area contributed by atoms with E-state index >= 15 is 0 Å². The van der Waals surface area contributed by atoms with E-state index < -0.39 is 0 Å². The van der Waals surface area contributed by atoms with Gasteiger partial charge in [0.1, 0.15) is 0 Å². The Hall–Kier alpha value is -0.440. The summed E-state index contributed by atoms with van der Waals surface area (Å²) in [6.07, 6.45) is 8.41. The van der Waals surface area contributed by atoms with Crippen molar-refractivity contribution in [2.75, 3.05) is 6.61 Å². The molecule has 0 radical (unpaired) electrons. The summed E-state index contributed by atoms with van der Waals surface area (Å²) < 4.78 is 11.1. The van der Waals surface area contributed by atoms with Crippen LogP contribution in [0.1, 0.15) is 33.6 Å². The molecule has 0 bridgehead atoms. The number of hydrogen-bond acceptors (Lipinski definition) is 2. The maximum atomic E-state index is 5.73. The maximum absolute atomic E-state index is 5.73. The Bertz CT molecular complexity index is 261. The van der Waals surface area contributed by atoms with Crippen molar-refractivity contribution >= 4 is 15.9 Å². The van der Waals surface area contributed by atoms with Gasteiger partial charge in [-0.15, -0.1) is 0 Å². The van der Waals surface area contributed by atoms with Crippen LogP contribution in [0.15, 0.2) is 24.2 Å². The van der Waals surface area contributed by atoms with Crippen LogP contribution in [0, 0.1) is 5.92 Å². The third-order valence-corrected chi connectivity index (χ3v) is 3.54. The Morgan fingerprint density at radius 3 is 3.06 bits per heavy atom. The molecule has 3 unspecified atom stereocenters. The van der Waals surface area contributed by atoms with E-state index in [1.54, 1.807) is 6.26 Å². The fraction of sp³-hybridized carbons (Fsp3) is 0.692. The quantitative estimate of drug-likeness (QED) is 0.562. The lowest BCUT2D eigenvalue weighted by Gasteiger charge is -2.22. The minimum absolute atomic E-state index is 0.308. The van der Waals surface area contributed by atoms with Crippen molar-refractivity contribution in [3.63, 3.8) is 0 Å². The molecule has 0 aromatic rings. The van der Waals surface area contributed by atoms with Gasteiger partial charge < -0.3 is 9.47 Å². The van der Waals surface area contributed by atoms with Gasteiger partial charge in [-0.05, 0) is 38.8 Å². The highest BCUT2D eigenvalue weighted by Crippen LogP contribution is 2.18. The largest absolute Gasteiger partial charge is 0.499 e. The maximum Gasteiger partial charge on any atom is 0.0957 e. The SMILES string of the molecule is CCC(Br)/C=C(\C)OCC1C=COC(C)C1. The van der Waals surface area contributed by atoms with Gasteiger partial charge in [0.15, 0.2) is 0 Å². The van der Waals surface area contributed by atoms with E-state index in [0.717, 1.165) is 25.2 Å². The van der Waals surface area contributed by atoms with Crippen molar-refractivity contribution in [3.05, 3.63) is 24.2 Å². The van der Waals surface area contributed by atoms with Crippen LogP contribution in [0.4, 0.5) is 0 Å². The van der Waals surface area contributed by atoms with E-state index in [1.807, 2.05) is 6.92 Å². The first kappa shape index (κ1) is 13.6. The first-order valence-corrected chi connectivity index (χ1v) is 6.80. The molecule has 1 aliphatic rings. The Labute approximate surface area is 107 Å². The molecule has 0 saturated heterocycles. The zero-order chi connectivity index (χ0) is 12.0. The summed E-state index contributed by atoms with van der Waals surface area (Å²) in [4.78, 5) is 0.414. The van der Waals surface area contributed by atoms with E-state index in [-0.39, 0.29) is 0 Å². The van der Waals surface area contributed by atoms with Crippen LogP contribution in [0.5, 0.6) is 0 Å². The molecule has 2 nitrogen and oxygen atoms in total. The van der Waals surface area contributed by atoms with Crippen LogP contribution in [0.25, 0.3) is 0 Å². The molecule has 3 atom stereocenters. The number of allylic oxidation sites excluding steroid dienone is 2. The zero-order valence-corrected chi connectivity index (χ0v) is 11.9. The smallest absolute Gasteiger partial charge is 0.0957 e. The summed E-state index contributed by atoms with van der Waals surface area (Å²) in [5, 5.41) is 0. The molecule has 0 spiro atoms. The molecule has 0 aliphatic carbocycles. The molecule has 3 heteroatoms. The van der Waals surface area contributed by atoms with Crippen LogP contribution in [0.3, 0.4) is 0 Å². The zero-order valence-electron chi connectivity index (χ0n) is 10.3. The van der Waals surface area contributed by atoms with Gasteiger partial charge in [0.25, 0.3) is 0 Å². The minimum Gasteiger partial charge on any atom is -0.499 e. The van der Waals surface area contributed by atoms with Crippen LogP contribution in [0.2, 0.25) is 0 Å². The van der Waals surface area contributed by atoms with Gasteiger partial charge >= 0.3 is 0 Å². The average Bonchev–Trinajstić information content (AvgIpc) is 2.26. The van der Waals surface area contributed by atoms with Crippen molar-refractivity contribution < 1.29 is 9.47 Å². The molecule has 1 rings (SSSR count). The topological polar surface area (TPSA) is 18.5 Å². The molecule has 0 amide bonds. The van der Waals surface area contributed by atoms with Crippen molar-refractivity contribution in [2.45, 2.75) is 44.5 Å². The van der Waals surface area contributed by atoms with E-state index in [0.29, 0.717) is 16.8 Å². The summed E-state index contributed by atoms with van der Waals surface area (Å²) in [6.45, 7) is 6.99. The lowest BCUT2D eigenvalue weighted by molar-refractivity contribution is 0.0915. The number of alkyl halides is 1. The second kappa shape index (κ2) is 7.00. The van der Waals surface area contributed by atoms with Crippen molar-refractivity contribution in [1.82, 2.24) is 0 Å². The normalized spacial score (nSPS) is 27.4. The van der Waals surface area contributed by atoms with Crippen molar-refractivity contribution in [2.24, 2.45) is 5.92 Å². The molecule has 92 valence electrons. The van der Waals surface area contributed by atoms with Gasteiger partial charge in [0.2, 0.25) is 0 Å². The lowest BCUT2D eigenvalue weighted by atomic mass is 10.0. The predicted octanol–water partition coefficient (Wildman–Crippen LogP) is 4.02. The monoisotopic (exact) mass is 288 g/mol. The Morgan fingerprint density at radius 1 is 1.69 bits per heavy atom. The van der Waals surface area contributed by atoms with Crippen LogP contribution in [-0.2, 0) is 9.47 Å². The van der Waals surface area contributed by atoms with Crippen LogP contribution < -0.4 is 0 Å². The highest BCUT2D eigenvalue weighted by Gasteiger charge is 2.15. The summed E-state index contributed by atoms with van der Waals surface area (Å²) in [5.74, 6) is 1.47. The predicted molar refractivity (Wildman–Crippen MR) is 70.5 cm³/mol. The Kier molecular flexibility index (Phi) is 5.96. The number of rotatable bonds is 5. The Morgan fingerprint density at radius 2 is 2.44 bits per heavy atom. The summed E-state index contributed by atoms with van der Waals surface area (Å²) in [5.41, 5.74) is 0. The van der Waals surface area contributed by atoms with E-state index in [2.05, 4.69) is 41.9 Å². The van der Waals surface area contributed by atoms with Crippen molar-refractivity contribution in [1.29, 1.82) is 0 Å². The molecule has 0 aromatic carbocycles. The number of ether oxygens (including phenoxy) is 2. The number of halogens is 1. The summed E-state index contributed by atoms with van der Waals surface area (Å²) in [6, 6.07) is 0. The van der Waals surface area contributed by atoms with Crippen LogP contribution in [-0.4, -0.2) is 17.5 Å². The first-order valence-electron chi connectivity index (χ1n) is 5.89. The molecule has 0 aromatic heterocycles.